The van der Waals surface area contributed by atoms with Crippen LogP contribution in [0.25, 0.3) is 5.57 Å². The summed E-state index contributed by atoms with van der Waals surface area (Å²) >= 11 is 0. The number of amides is 1. The van der Waals surface area contributed by atoms with Crippen LogP contribution in [0.4, 0.5) is 30.7 Å². The van der Waals surface area contributed by atoms with E-state index in [0.29, 0.717) is 23.3 Å². The maximum Gasteiger partial charge on any atom is 0.416 e. The first-order chi connectivity index (χ1) is 19.2. The van der Waals surface area contributed by atoms with Crippen molar-refractivity contribution in [3.8, 4) is 0 Å². The second kappa shape index (κ2) is 10.3. The lowest BCUT2D eigenvalue weighted by atomic mass is 9.84. The monoisotopic (exact) mass is 586 g/mol. The first-order valence-corrected chi connectivity index (χ1v) is 12.3. The summed E-state index contributed by atoms with van der Waals surface area (Å²) in [5.41, 5.74) is -3.19. The Balaban J connectivity index is 1.51. The molecule has 0 saturated carbocycles. The zero-order valence-corrected chi connectivity index (χ0v) is 21.1. The SMILES string of the molecule is C[C@@H](OC1=C(c2ccc(F)cc2)[C@@H]2CN(C(=O)c3cc(=O)[nH]o3)C[C@H]2CO1)c1cc(C(F)(F)F)cc(C(F)(F)F)c1. The molecule has 0 bridgehead atoms. The number of ether oxygens (including phenoxy) is 2. The Morgan fingerprint density at radius 3 is 2.20 bits per heavy atom. The van der Waals surface area contributed by atoms with Crippen molar-refractivity contribution in [2.45, 2.75) is 25.4 Å². The normalized spacial score (nSPS) is 20.0. The molecular weight excluding hydrogens is 565 g/mol. The molecule has 1 aromatic heterocycles. The van der Waals surface area contributed by atoms with Gasteiger partial charge in [0.15, 0.2) is 0 Å². The fourth-order valence-corrected chi connectivity index (χ4v) is 4.99. The van der Waals surface area contributed by atoms with Crippen molar-refractivity contribution in [2.75, 3.05) is 19.7 Å². The number of hydrogen-bond acceptors (Lipinski definition) is 5. The van der Waals surface area contributed by atoms with Gasteiger partial charge >= 0.3 is 12.4 Å². The predicted molar refractivity (Wildman–Crippen MR) is 127 cm³/mol. The number of H-pyrrole nitrogens is 1. The van der Waals surface area contributed by atoms with Gasteiger partial charge in [-0.05, 0) is 48.4 Å². The third-order valence-corrected chi connectivity index (χ3v) is 7.00. The van der Waals surface area contributed by atoms with E-state index in [1.54, 1.807) is 0 Å². The summed E-state index contributed by atoms with van der Waals surface area (Å²) in [6.07, 6.45) is -11.4. The van der Waals surface area contributed by atoms with Gasteiger partial charge in [-0.2, -0.15) is 31.5 Å². The summed E-state index contributed by atoms with van der Waals surface area (Å²) in [6.45, 7) is 1.57. The molecule has 0 aliphatic carbocycles. The Hall–Kier alpha value is -4.23. The van der Waals surface area contributed by atoms with Crippen molar-refractivity contribution in [1.29, 1.82) is 0 Å². The van der Waals surface area contributed by atoms with Crippen LogP contribution >= 0.6 is 0 Å². The van der Waals surface area contributed by atoms with Crippen LogP contribution in [-0.4, -0.2) is 35.7 Å². The molecule has 14 heteroatoms. The fourth-order valence-electron chi connectivity index (χ4n) is 4.99. The number of likely N-dealkylation sites (tertiary alicyclic amines) is 1. The standard InChI is InChI=1S/C27H21F7N2O5/c1-13(15-6-17(26(29,30)31)8-18(7-15)27(32,33)34)40-25-23(14-2-4-19(28)5-3-14)20-11-36(10-16(20)12-39-25)24(38)21-9-22(37)35-41-21/h2-9,13,16,20H,10-12H2,1H3,(H,35,37)/t13-,16+,20-/m1/s1. The highest BCUT2D eigenvalue weighted by atomic mass is 19.4. The van der Waals surface area contributed by atoms with E-state index < -0.39 is 58.3 Å². The molecule has 2 aliphatic rings. The molecule has 5 rings (SSSR count). The highest BCUT2D eigenvalue weighted by Crippen LogP contribution is 2.44. The minimum Gasteiger partial charge on any atom is -0.465 e. The number of rotatable bonds is 5. The van der Waals surface area contributed by atoms with E-state index in [1.165, 1.54) is 36.1 Å². The molecule has 3 aromatic rings. The van der Waals surface area contributed by atoms with E-state index in [0.717, 1.165) is 6.07 Å². The Morgan fingerprint density at radius 1 is 1.00 bits per heavy atom. The van der Waals surface area contributed by atoms with E-state index in [4.69, 9.17) is 14.0 Å². The van der Waals surface area contributed by atoms with Gasteiger partial charge in [0.1, 0.15) is 11.9 Å². The zero-order valence-electron chi connectivity index (χ0n) is 21.1. The third-order valence-electron chi connectivity index (χ3n) is 7.00. The van der Waals surface area contributed by atoms with Crippen LogP contribution in [0.3, 0.4) is 0 Å². The van der Waals surface area contributed by atoms with E-state index in [-0.39, 0.29) is 43.4 Å². The summed E-state index contributed by atoms with van der Waals surface area (Å²) < 4.78 is 111. The summed E-state index contributed by atoms with van der Waals surface area (Å²) in [4.78, 5) is 25.8. The lowest BCUT2D eigenvalue weighted by molar-refractivity contribution is -0.143. The molecule has 2 aromatic carbocycles. The van der Waals surface area contributed by atoms with Gasteiger partial charge in [0.25, 0.3) is 17.4 Å². The van der Waals surface area contributed by atoms with Crippen molar-refractivity contribution in [3.05, 3.63) is 98.7 Å². The van der Waals surface area contributed by atoms with E-state index in [1.807, 2.05) is 5.16 Å². The molecular formula is C27H21F7N2O5. The smallest absolute Gasteiger partial charge is 0.416 e. The Labute approximate surface area is 227 Å². The van der Waals surface area contributed by atoms with Crippen molar-refractivity contribution in [3.63, 3.8) is 0 Å². The number of benzene rings is 2. The van der Waals surface area contributed by atoms with Crippen molar-refractivity contribution in [2.24, 2.45) is 11.8 Å². The van der Waals surface area contributed by atoms with Gasteiger partial charge in [0.05, 0.1) is 23.8 Å². The molecule has 1 saturated heterocycles. The number of aromatic nitrogens is 1. The van der Waals surface area contributed by atoms with Crippen LogP contribution in [0.5, 0.6) is 0 Å². The summed E-state index contributed by atoms with van der Waals surface area (Å²) in [6, 6.07) is 7.35. The number of alkyl halides is 6. The van der Waals surface area contributed by atoms with Crippen LogP contribution in [0.2, 0.25) is 0 Å². The minimum absolute atomic E-state index is 0.00860. The summed E-state index contributed by atoms with van der Waals surface area (Å²) in [5, 5.41) is 2.04. The average molecular weight is 586 g/mol. The fraction of sp³-hybridized carbons (Fsp3) is 0.333. The van der Waals surface area contributed by atoms with Gasteiger partial charge in [-0.25, -0.2) is 4.39 Å². The topological polar surface area (TPSA) is 84.8 Å². The van der Waals surface area contributed by atoms with Gasteiger partial charge in [0, 0.05) is 30.5 Å². The molecule has 2 aliphatic heterocycles. The number of halogens is 7. The molecule has 218 valence electrons. The van der Waals surface area contributed by atoms with Crippen LogP contribution in [0, 0.1) is 17.7 Å². The second-order valence-corrected chi connectivity index (χ2v) is 9.77. The summed E-state index contributed by atoms with van der Waals surface area (Å²) in [7, 11) is 0. The number of hydrogen-bond donors (Lipinski definition) is 1. The van der Waals surface area contributed by atoms with Crippen molar-refractivity contribution in [1.82, 2.24) is 10.1 Å². The average Bonchev–Trinajstić information content (AvgIpc) is 3.54. The van der Waals surface area contributed by atoms with Gasteiger partial charge < -0.3 is 18.9 Å². The summed E-state index contributed by atoms with van der Waals surface area (Å²) in [5.74, 6) is -2.25. The number of aromatic amines is 1. The maximum absolute atomic E-state index is 13.7. The maximum atomic E-state index is 13.7. The quantitative estimate of drug-likeness (QED) is 0.371. The number of fused-ring (bicyclic) bond motifs is 1. The van der Waals surface area contributed by atoms with Gasteiger partial charge in [-0.15, -0.1) is 0 Å². The van der Waals surface area contributed by atoms with Crippen LogP contribution in [0.15, 0.2) is 63.8 Å². The Bertz CT molecular complexity index is 1510. The second-order valence-electron chi connectivity index (χ2n) is 9.77. The number of carbonyl (C=O) groups excluding carboxylic acids is 1. The zero-order chi connectivity index (χ0) is 29.7. The number of nitrogens with zero attached hydrogens (tertiary/aromatic N) is 1. The molecule has 1 fully saturated rings. The molecule has 41 heavy (non-hydrogen) atoms. The van der Waals surface area contributed by atoms with E-state index >= 15 is 0 Å². The number of nitrogens with one attached hydrogen (secondary N) is 1. The van der Waals surface area contributed by atoms with Crippen LogP contribution in [0.1, 0.15) is 45.8 Å². The highest BCUT2D eigenvalue weighted by molar-refractivity contribution is 5.91. The molecule has 7 nitrogen and oxygen atoms in total. The molecule has 0 unspecified atom stereocenters. The first-order valence-electron chi connectivity index (χ1n) is 12.3. The lowest BCUT2D eigenvalue weighted by Gasteiger charge is -2.31. The lowest BCUT2D eigenvalue weighted by Crippen LogP contribution is -2.29. The van der Waals surface area contributed by atoms with Crippen molar-refractivity contribution >= 4 is 11.5 Å². The Kier molecular flexibility index (Phi) is 7.12. The molecule has 1 N–H and O–H groups in total. The molecule has 3 atom stereocenters. The van der Waals surface area contributed by atoms with Crippen molar-refractivity contribution < 1.29 is 49.5 Å². The molecule has 1 amide bonds. The molecule has 0 spiro atoms. The van der Waals surface area contributed by atoms with E-state index in [9.17, 15) is 40.3 Å². The van der Waals surface area contributed by atoms with Crippen LogP contribution in [-0.2, 0) is 21.8 Å². The Morgan fingerprint density at radius 2 is 1.63 bits per heavy atom. The van der Waals surface area contributed by atoms with Gasteiger partial charge in [-0.3, -0.25) is 9.59 Å². The van der Waals surface area contributed by atoms with Gasteiger partial charge in [0.2, 0.25) is 5.76 Å². The third kappa shape index (κ3) is 5.81. The predicted octanol–water partition coefficient (Wildman–Crippen LogP) is 6.01. The minimum atomic E-state index is -5.04. The number of carbonyl (C=O) groups is 1. The largest absolute Gasteiger partial charge is 0.465 e. The van der Waals surface area contributed by atoms with Gasteiger partial charge in [-0.1, -0.05) is 12.1 Å². The first kappa shape index (κ1) is 28.3. The van der Waals surface area contributed by atoms with E-state index in [2.05, 4.69) is 0 Å². The van der Waals surface area contributed by atoms with Crippen LogP contribution < -0.4 is 5.56 Å². The molecule has 3 heterocycles. The highest BCUT2D eigenvalue weighted by Gasteiger charge is 2.44. The molecule has 0 radical (unpaired) electrons.